The van der Waals surface area contributed by atoms with Gasteiger partial charge in [0.25, 0.3) is 0 Å². The van der Waals surface area contributed by atoms with Crippen LogP contribution < -0.4 is 5.32 Å². The molecule has 1 aliphatic heterocycles. The minimum atomic E-state index is -1.04. The highest BCUT2D eigenvalue weighted by Gasteiger charge is 2.46. The van der Waals surface area contributed by atoms with Crippen LogP contribution in [0.2, 0.25) is 0 Å². The Hall–Kier alpha value is -3.09. The van der Waals surface area contributed by atoms with Crippen molar-refractivity contribution in [1.29, 1.82) is 0 Å². The van der Waals surface area contributed by atoms with Gasteiger partial charge >= 0.3 is 12.1 Å². The van der Waals surface area contributed by atoms with Crippen LogP contribution in [0.5, 0.6) is 0 Å². The number of carbonyl (C=O) groups is 2. The lowest BCUT2D eigenvalue weighted by atomic mass is 9.83. The van der Waals surface area contributed by atoms with Gasteiger partial charge < -0.3 is 19.7 Å². The Morgan fingerprint density at radius 1 is 1.21 bits per heavy atom. The van der Waals surface area contributed by atoms with E-state index in [1.54, 1.807) is 17.0 Å². The topological polar surface area (TPSA) is 67.9 Å². The van der Waals surface area contributed by atoms with Crippen LogP contribution >= 0.6 is 0 Å². The van der Waals surface area contributed by atoms with Gasteiger partial charge in [-0.15, -0.1) is 0 Å². The molecule has 0 radical (unpaired) electrons. The van der Waals surface area contributed by atoms with Crippen LogP contribution in [0.3, 0.4) is 0 Å². The molecule has 0 saturated carbocycles. The molecule has 1 aliphatic rings. The first kappa shape index (κ1) is 20.6. The Bertz CT molecular complexity index is 861. The summed E-state index contributed by atoms with van der Waals surface area (Å²) in [6.07, 6.45) is 0.211. The van der Waals surface area contributed by atoms with Gasteiger partial charge in [-0.25, -0.2) is 14.0 Å². The molecule has 2 unspecified atom stereocenters. The van der Waals surface area contributed by atoms with Gasteiger partial charge in [0.15, 0.2) is 0 Å². The van der Waals surface area contributed by atoms with Crippen molar-refractivity contribution in [2.45, 2.75) is 38.0 Å². The van der Waals surface area contributed by atoms with Gasteiger partial charge in [-0.05, 0) is 37.1 Å². The number of likely N-dealkylation sites (tertiary alicyclic amines) is 1. The quantitative estimate of drug-likeness (QED) is 0.770. The molecule has 1 saturated heterocycles. The summed E-state index contributed by atoms with van der Waals surface area (Å²) in [6, 6.07) is 15.1. The van der Waals surface area contributed by atoms with Crippen LogP contribution in [0.25, 0.3) is 0 Å². The number of nitrogens with one attached hydrogen (secondary N) is 1. The number of carbonyl (C=O) groups excluding carboxylic acids is 2. The Labute approximate surface area is 169 Å². The number of hydrogen-bond donors (Lipinski definition) is 1. The Morgan fingerprint density at radius 3 is 2.62 bits per heavy atom. The number of anilines is 1. The van der Waals surface area contributed by atoms with Crippen molar-refractivity contribution >= 4 is 17.7 Å². The van der Waals surface area contributed by atoms with E-state index in [9.17, 15) is 14.0 Å². The smallest absolute Gasteiger partial charge is 0.410 e. The molecule has 2 aromatic rings. The maximum Gasteiger partial charge on any atom is 0.410 e. The van der Waals surface area contributed by atoms with E-state index in [0.717, 1.165) is 5.56 Å². The van der Waals surface area contributed by atoms with E-state index in [4.69, 9.17) is 9.47 Å². The average Bonchev–Trinajstić information content (AvgIpc) is 2.72. The second kappa shape index (κ2) is 8.94. The number of ether oxygens (including phenoxy) is 2. The van der Waals surface area contributed by atoms with Crippen molar-refractivity contribution in [2.75, 3.05) is 19.0 Å². The fraction of sp³-hybridized carbons (Fsp3) is 0.364. The molecule has 154 valence electrons. The molecule has 0 spiro atoms. The van der Waals surface area contributed by atoms with Crippen LogP contribution in [0.1, 0.15) is 25.3 Å². The number of benzene rings is 2. The minimum Gasteiger partial charge on any atom is -0.467 e. The third-order valence-corrected chi connectivity index (χ3v) is 5.18. The lowest BCUT2D eigenvalue weighted by Crippen LogP contribution is -2.59. The fourth-order valence-corrected chi connectivity index (χ4v) is 3.71. The molecule has 2 atom stereocenters. The van der Waals surface area contributed by atoms with Crippen molar-refractivity contribution in [3.63, 3.8) is 0 Å². The average molecular weight is 400 g/mol. The predicted molar refractivity (Wildman–Crippen MR) is 107 cm³/mol. The van der Waals surface area contributed by atoms with E-state index in [-0.39, 0.29) is 12.6 Å². The van der Waals surface area contributed by atoms with Crippen LogP contribution in [-0.4, -0.2) is 42.2 Å². The fourth-order valence-electron chi connectivity index (χ4n) is 3.71. The zero-order chi connectivity index (χ0) is 20.9. The van der Waals surface area contributed by atoms with E-state index >= 15 is 0 Å². The van der Waals surface area contributed by atoms with Crippen LogP contribution in [0, 0.1) is 5.82 Å². The number of halogens is 1. The summed E-state index contributed by atoms with van der Waals surface area (Å²) < 4.78 is 24.0. The summed E-state index contributed by atoms with van der Waals surface area (Å²) in [6.45, 7) is 2.35. The van der Waals surface area contributed by atoms with Gasteiger partial charge in [0.05, 0.1) is 7.11 Å². The third-order valence-electron chi connectivity index (χ3n) is 5.18. The Morgan fingerprint density at radius 2 is 1.97 bits per heavy atom. The van der Waals surface area contributed by atoms with Crippen LogP contribution in [0.4, 0.5) is 14.9 Å². The van der Waals surface area contributed by atoms with Crippen molar-refractivity contribution in [1.82, 2.24) is 4.90 Å². The molecule has 1 heterocycles. The molecule has 2 aromatic carbocycles. The standard InChI is InChI=1S/C22H25FN2O4/c1-16-14-22(20(26)28-2,24-19-10-6-9-18(23)13-19)11-12-25(16)21(27)29-15-17-7-4-3-5-8-17/h3-10,13,16,24H,11-12,14-15H2,1-2H3. The first-order chi connectivity index (χ1) is 13.9. The summed E-state index contributed by atoms with van der Waals surface area (Å²) in [4.78, 5) is 26.8. The van der Waals surface area contributed by atoms with Gasteiger partial charge in [-0.3, -0.25) is 0 Å². The Balaban J connectivity index is 1.68. The molecule has 29 heavy (non-hydrogen) atoms. The summed E-state index contributed by atoms with van der Waals surface area (Å²) in [7, 11) is 1.32. The lowest BCUT2D eigenvalue weighted by Gasteiger charge is -2.44. The second-order valence-electron chi connectivity index (χ2n) is 7.25. The van der Waals surface area contributed by atoms with E-state index in [0.29, 0.717) is 25.1 Å². The first-order valence-electron chi connectivity index (χ1n) is 9.53. The molecule has 1 amide bonds. The summed E-state index contributed by atoms with van der Waals surface area (Å²) >= 11 is 0. The maximum atomic E-state index is 13.6. The molecule has 1 fully saturated rings. The summed E-state index contributed by atoms with van der Waals surface area (Å²) in [5, 5.41) is 3.14. The van der Waals surface area contributed by atoms with Crippen molar-refractivity contribution in [3.8, 4) is 0 Å². The molecule has 0 aromatic heterocycles. The number of methoxy groups -OCH3 is 1. The highest BCUT2D eigenvalue weighted by Crippen LogP contribution is 2.32. The molecule has 6 nitrogen and oxygen atoms in total. The van der Waals surface area contributed by atoms with Gasteiger partial charge in [-0.1, -0.05) is 36.4 Å². The molecule has 1 N–H and O–H groups in total. The zero-order valence-electron chi connectivity index (χ0n) is 16.6. The summed E-state index contributed by atoms with van der Waals surface area (Å²) in [5.74, 6) is -0.837. The van der Waals surface area contributed by atoms with Crippen molar-refractivity contribution in [3.05, 3.63) is 66.0 Å². The molecule has 0 aliphatic carbocycles. The normalized spacial score (nSPS) is 21.3. The number of esters is 1. The van der Waals surface area contributed by atoms with E-state index in [1.807, 2.05) is 37.3 Å². The van der Waals surface area contributed by atoms with E-state index < -0.39 is 23.4 Å². The minimum absolute atomic E-state index is 0.187. The highest BCUT2D eigenvalue weighted by atomic mass is 19.1. The number of hydrogen-bond acceptors (Lipinski definition) is 5. The molecule has 7 heteroatoms. The monoisotopic (exact) mass is 400 g/mol. The Kier molecular flexibility index (Phi) is 6.36. The van der Waals surface area contributed by atoms with E-state index in [2.05, 4.69) is 5.32 Å². The first-order valence-corrected chi connectivity index (χ1v) is 9.53. The highest BCUT2D eigenvalue weighted by molar-refractivity contribution is 5.85. The van der Waals surface area contributed by atoms with Gasteiger partial charge in [-0.2, -0.15) is 0 Å². The number of rotatable bonds is 5. The van der Waals surface area contributed by atoms with Crippen molar-refractivity contribution < 1.29 is 23.5 Å². The molecular weight excluding hydrogens is 375 g/mol. The van der Waals surface area contributed by atoms with Crippen LogP contribution in [-0.2, 0) is 20.9 Å². The van der Waals surface area contributed by atoms with Gasteiger partial charge in [0, 0.05) is 24.7 Å². The maximum absolute atomic E-state index is 13.6. The molecule has 3 rings (SSSR count). The molecule has 0 bridgehead atoms. The van der Waals surface area contributed by atoms with Gasteiger partial charge in [0.2, 0.25) is 0 Å². The zero-order valence-corrected chi connectivity index (χ0v) is 16.6. The number of piperidine rings is 1. The predicted octanol–water partition coefficient (Wildman–Crippen LogP) is 3.97. The second-order valence-corrected chi connectivity index (χ2v) is 7.25. The largest absolute Gasteiger partial charge is 0.467 e. The lowest BCUT2D eigenvalue weighted by molar-refractivity contribution is -0.148. The number of amides is 1. The van der Waals surface area contributed by atoms with Crippen molar-refractivity contribution in [2.24, 2.45) is 0 Å². The van der Waals surface area contributed by atoms with Gasteiger partial charge in [0.1, 0.15) is 18.0 Å². The number of nitrogens with zero attached hydrogens (tertiary/aromatic N) is 1. The van der Waals surface area contributed by atoms with E-state index in [1.165, 1.54) is 19.2 Å². The third kappa shape index (κ3) is 4.85. The van der Waals surface area contributed by atoms with Crippen LogP contribution in [0.15, 0.2) is 54.6 Å². The molecular formula is C22H25FN2O4. The SMILES string of the molecule is COC(=O)C1(Nc2cccc(F)c2)CCN(C(=O)OCc2ccccc2)C(C)C1. The summed E-state index contributed by atoms with van der Waals surface area (Å²) in [5.41, 5.74) is 0.350.